The molecule has 0 radical (unpaired) electrons. The van der Waals surface area contributed by atoms with Crippen LogP contribution in [0, 0.1) is 58.2 Å². The summed E-state index contributed by atoms with van der Waals surface area (Å²) in [7, 11) is 0. The average molecular weight is 505 g/mol. The van der Waals surface area contributed by atoms with Crippen molar-refractivity contribution in [2.75, 3.05) is 0 Å². The van der Waals surface area contributed by atoms with Gasteiger partial charge in [-0.25, -0.2) is 0 Å². The van der Waals surface area contributed by atoms with E-state index >= 15 is 0 Å². The molecule has 0 aromatic carbocycles. The van der Waals surface area contributed by atoms with Crippen LogP contribution in [0.1, 0.15) is 80.6 Å². The zero-order valence-corrected chi connectivity index (χ0v) is 23.2. The first-order valence-electron chi connectivity index (χ1n) is 14.2. The van der Waals surface area contributed by atoms with Gasteiger partial charge in [-0.2, -0.15) is 0 Å². The van der Waals surface area contributed by atoms with Gasteiger partial charge in [-0.1, -0.05) is 53.7 Å². The van der Waals surface area contributed by atoms with Crippen molar-refractivity contribution in [1.82, 2.24) is 0 Å². The lowest BCUT2D eigenvalue weighted by Crippen LogP contribution is -2.66. The van der Waals surface area contributed by atoms with Crippen molar-refractivity contribution in [2.45, 2.75) is 105 Å². The monoisotopic (exact) mass is 504 g/mol. The van der Waals surface area contributed by atoms with Gasteiger partial charge < -0.3 is 20.1 Å². The second-order valence-electron chi connectivity index (χ2n) is 13.6. The lowest BCUT2D eigenvalue weighted by Gasteiger charge is -2.62. The Morgan fingerprint density at radius 3 is 2.31 bits per heavy atom. The molecule has 4 rings (SSSR count). The molecule has 0 heterocycles. The second-order valence-corrected chi connectivity index (χ2v) is 13.6. The topological polar surface area (TPSA) is 104 Å². The fourth-order valence-corrected chi connectivity index (χ4v) is 9.08. The molecule has 0 saturated heterocycles. The Labute approximate surface area is 216 Å². The fraction of sp³-hybridized carbons (Fsp3) is 0.867. The van der Waals surface area contributed by atoms with E-state index in [2.05, 4.69) is 53.7 Å². The number of Topliss-reactive ketones (excluding diaryl/α,β-unsaturated/α-hetero) is 1. The molecular weight excluding hydrogens is 456 g/mol. The third-order valence-corrected chi connectivity index (χ3v) is 11.2. The lowest BCUT2D eigenvalue weighted by molar-refractivity contribution is -0.206. The van der Waals surface area contributed by atoms with Gasteiger partial charge in [0.25, 0.3) is 0 Å². The number of fused-ring (bicyclic) bond motifs is 5. The van der Waals surface area contributed by atoms with E-state index < -0.39 is 35.1 Å². The first-order valence-corrected chi connectivity index (χ1v) is 14.2. The Hall–Kier alpha value is -1.24. The van der Waals surface area contributed by atoms with Crippen LogP contribution in [0.4, 0.5) is 0 Å². The summed E-state index contributed by atoms with van der Waals surface area (Å²) in [6.45, 7) is 14.5. The zero-order valence-electron chi connectivity index (χ0n) is 23.2. The normalized spacial score (nSPS) is 48.3. The Bertz CT molecular complexity index is 883. The van der Waals surface area contributed by atoms with Crippen LogP contribution in [0.25, 0.3) is 0 Å². The summed E-state index contributed by atoms with van der Waals surface area (Å²) in [4.78, 5) is 26.0. The van der Waals surface area contributed by atoms with Gasteiger partial charge in [0.05, 0.1) is 12.2 Å². The number of esters is 1. The summed E-state index contributed by atoms with van der Waals surface area (Å²) in [5.74, 6) is -0.644. The molecule has 4 saturated carbocycles. The van der Waals surface area contributed by atoms with E-state index in [0.717, 1.165) is 0 Å². The Morgan fingerprint density at radius 1 is 1.03 bits per heavy atom. The summed E-state index contributed by atoms with van der Waals surface area (Å²) in [5, 5.41) is 33.3. The number of hydrogen-bond acceptors (Lipinski definition) is 6. The lowest BCUT2D eigenvalue weighted by atomic mass is 9.42. The quantitative estimate of drug-likeness (QED) is 0.384. The van der Waals surface area contributed by atoms with E-state index in [-0.39, 0.29) is 47.4 Å². The summed E-state index contributed by atoms with van der Waals surface area (Å²) in [6, 6.07) is 0. The van der Waals surface area contributed by atoms with Crippen molar-refractivity contribution in [2.24, 2.45) is 58.2 Å². The molecule has 6 heteroatoms. The largest absolute Gasteiger partial charge is 0.462 e. The molecule has 0 amide bonds. The van der Waals surface area contributed by atoms with E-state index in [4.69, 9.17) is 4.74 Å². The molecule has 0 aliphatic heterocycles. The van der Waals surface area contributed by atoms with Crippen LogP contribution < -0.4 is 0 Å². The van der Waals surface area contributed by atoms with E-state index in [9.17, 15) is 24.9 Å². The molecular formula is C30H48O6. The summed E-state index contributed by atoms with van der Waals surface area (Å²) in [5.41, 5.74) is -0.816. The van der Waals surface area contributed by atoms with Gasteiger partial charge in [0.1, 0.15) is 12.2 Å². The number of allylic oxidation sites excluding steroid dienone is 2. The highest BCUT2D eigenvalue weighted by molar-refractivity contribution is 5.88. The van der Waals surface area contributed by atoms with Crippen molar-refractivity contribution in [3.05, 3.63) is 12.2 Å². The summed E-state index contributed by atoms with van der Waals surface area (Å²) < 4.78 is 5.92. The Kier molecular flexibility index (Phi) is 7.57. The highest BCUT2D eigenvalue weighted by Gasteiger charge is 2.69. The molecule has 0 spiro atoms. The Morgan fingerprint density at radius 2 is 1.69 bits per heavy atom. The SMILES string of the molecule is CC(=O)OC1C[C@H]2[C@@H]3C(=O)C(O)C4CC(O)CC[C@]4(C)[C@H]3C(O)C[C@]2(C)[C@H]1[C@H](C)C=C[C@H](C)C(C)C. The van der Waals surface area contributed by atoms with E-state index in [1.165, 1.54) is 6.92 Å². The minimum atomic E-state index is -1.13. The first kappa shape index (κ1) is 27.8. The standard InChI is InChI=1S/C30H48O6/c1-15(2)16(3)8-9-17(4)25-23(36-18(5)31)13-20-24-26(22(33)14-30(20,25)7)29(6)11-10-19(32)12-21(29)27(34)28(24)35/h8-9,15-17,19-27,32-34H,10-14H2,1-7H3/t16-,17+,19?,20-,21?,22?,23?,24-,25-,26-,27?,29-,30-/m0/s1. The van der Waals surface area contributed by atoms with E-state index in [1.54, 1.807) is 0 Å². The molecule has 6 nitrogen and oxygen atoms in total. The van der Waals surface area contributed by atoms with Gasteiger partial charge in [-0.05, 0) is 66.6 Å². The van der Waals surface area contributed by atoms with Crippen LogP contribution in [-0.2, 0) is 14.3 Å². The van der Waals surface area contributed by atoms with Gasteiger partial charge >= 0.3 is 5.97 Å². The molecule has 0 aromatic rings. The molecule has 13 atom stereocenters. The third kappa shape index (κ3) is 4.39. The number of hydrogen-bond donors (Lipinski definition) is 3. The molecule has 5 unspecified atom stereocenters. The summed E-state index contributed by atoms with van der Waals surface area (Å²) in [6.07, 6.45) is 4.66. The number of ketones is 1. The van der Waals surface area contributed by atoms with Crippen molar-refractivity contribution in [3.8, 4) is 0 Å². The molecule has 0 bridgehead atoms. The minimum Gasteiger partial charge on any atom is -0.462 e. The van der Waals surface area contributed by atoms with Gasteiger partial charge in [-0.3, -0.25) is 9.59 Å². The third-order valence-electron chi connectivity index (χ3n) is 11.2. The van der Waals surface area contributed by atoms with Crippen LogP contribution in [0.15, 0.2) is 12.2 Å². The Balaban J connectivity index is 1.73. The van der Waals surface area contributed by atoms with E-state index in [1.807, 2.05) is 0 Å². The molecule has 4 aliphatic carbocycles. The number of carbonyl (C=O) groups excluding carboxylic acids is 2. The highest BCUT2D eigenvalue weighted by Crippen LogP contribution is 2.68. The van der Waals surface area contributed by atoms with Crippen molar-refractivity contribution >= 4 is 11.8 Å². The summed E-state index contributed by atoms with van der Waals surface area (Å²) >= 11 is 0. The minimum absolute atomic E-state index is 0.0266. The van der Waals surface area contributed by atoms with Crippen LogP contribution >= 0.6 is 0 Å². The van der Waals surface area contributed by atoms with Gasteiger partial charge in [0.15, 0.2) is 5.78 Å². The number of aliphatic hydroxyl groups excluding tert-OH is 3. The molecule has 4 fully saturated rings. The smallest absolute Gasteiger partial charge is 0.302 e. The number of ether oxygens (including phenoxy) is 1. The molecule has 204 valence electrons. The van der Waals surface area contributed by atoms with Gasteiger partial charge in [0, 0.05) is 30.6 Å². The molecule has 36 heavy (non-hydrogen) atoms. The predicted octanol–water partition coefficient (Wildman–Crippen LogP) is 4.15. The van der Waals surface area contributed by atoms with Crippen LogP contribution in [0.2, 0.25) is 0 Å². The molecule has 4 aliphatic rings. The number of carbonyl (C=O) groups is 2. The maximum absolute atomic E-state index is 13.8. The fourth-order valence-electron chi connectivity index (χ4n) is 9.08. The van der Waals surface area contributed by atoms with Gasteiger partial charge in [-0.15, -0.1) is 0 Å². The molecule has 3 N–H and O–H groups in total. The zero-order chi connectivity index (χ0) is 26.7. The first-order chi connectivity index (χ1) is 16.7. The van der Waals surface area contributed by atoms with Gasteiger partial charge in [0.2, 0.25) is 0 Å². The predicted molar refractivity (Wildman–Crippen MR) is 138 cm³/mol. The van der Waals surface area contributed by atoms with Crippen LogP contribution in [-0.4, -0.2) is 51.5 Å². The maximum atomic E-state index is 13.8. The van der Waals surface area contributed by atoms with E-state index in [0.29, 0.717) is 43.9 Å². The highest BCUT2D eigenvalue weighted by atomic mass is 16.5. The average Bonchev–Trinajstić information content (AvgIpc) is 3.06. The van der Waals surface area contributed by atoms with Crippen molar-refractivity contribution < 1.29 is 29.6 Å². The second kappa shape index (κ2) is 9.81. The van der Waals surface area contributed by atoms with Crippen LogP contribution in [0.3, 0.4) is 0 Å². The van der Waals surface area contributed by atoms with Crippen molar-refractivity contribution in [1.29, 1.82) is 0 Å². The van der Waals surface area contributed by atoms with Crippen LogP contribution in [0.5, 0.6) is 0 Å². The van der Waals surface area contributed by atoms with Crippen molar-refractivity contribution in [3.63, 3.8) is 0 Å². The number of rotatable bonds is 5. The maximum Gasteiger partial charge on any atom is 0.302 e. The number of aliphatic hydroxyl groups is 3. The molecule has 0 aromatic heterocycles.